The molecule has 204 valence electrons. The van der Waals surface area contributed by atoms with Crippen molar-refractivity contribution < 1.29 is 4.79 Å². The topological polar surface area (TPSA) is 17.1 Å². The normalized spacial score (nSPS) is 11.3. The van der Waals surface area contributed by atoms with Crippen LogP contribution < -0.4 is 0 Å². The Balaban J connectivity index is 3.00. The number of carbonyl (C=O) groups excluding carboxylic acids is 1. The smallest absolute Gasteiger partial charge is 0.119 e. The maximum Gasteiger partial charge on any atom is 0.119 e. The van der Waals surface area contributed by atoms with Crippen LogP contribution in [0.4, 0.5) is 0 Å². The zero-order chi connectivity index (χ0) is 24.6. The maximum atomic E-state index is 10.3. The van der Waals surface area contributed by atoms with E-state index in [0.29, 0.717) is 0 Å². The molecule has 0 radical (unpaired) electrons. The van der Waals surface area contributed by atoms with Crippen molar-refractivity contribution >= 4 is 6.29 Å². The summed E-state index contributed by atoms with van der Waals surface area (Å²) in [6.45, 7) is 2.30. The van der Waals surface area contributed by atoms with Gasteiger partial charge in [0.2, 0.25) is 0 Å². The molecule has 34 heavy (non-hydrogen) atoms. The van der Waals surface area contributed by atoms with Crippen molar-refractivity contribution in [3.8, 4) is 0 Å². The summed E-state index contributed by atoms with van der Waals surface area (Å²) >= 11 is 0. The van der Waals surface area contributed by atoms with Crippen molar-refractivity contribution in [3.63, 3.8) is 0 Å². The van der Waals surface area contributed by atoms with Crippen LogP contribution in [0.1, 0.15) is 206 Å². The van der Waals surface area contributed by atoms with Crippen LogP contribution in [0.2, 0.25) is 0 Å². The first-order chi connectivity index (χ1) is 16.9. The van der Waals surface area contributed by atoms with E-state index >= 15 is 0 Å². The van der Waals surface area contributed by atoms with Gasteiger partial charge in [0.15, 0.2) is 0 Å². The molecule has 0 heterocycles. The predicted molar refractivity (Wildman–Crippen MR) is 155 cm³/mol. The summed E-state index contributed by atoms with van der Waals surface area (Å²) in [7, 11) is 0. The maximum absolute atomic E-state index is 10.3. The Morgan fingerprint density at radius 1 is 0.294 bits per heavy atom. The third-order valence-corrected chi connectivity index (χ3v) is 7.68. The van der Waals surface area contributed by atoms with Crippen LogP contribution in [0.3, 0.4) is 0 Å². The predicted octanol–water partition coefficient (Wildman–Crippen LogP) is 12.3. The molecule has 0 fully saturated rings. The average Bonchev–Trinajstić information content (AvgIpc) is 2.85. The number of hydrogen-bond donors (Lipinski definition) is 0. The summed E-state index contributed by atoms with van der Waals surface area (Å²) in [4.78, 5) is 10.3. The zero-order valence-corrected chi connectivity index (χ0v) is 23.9. The second-order valence-corrected chi connectivity index (χ2v) is 11.2. The highest BCUT2D eigenvalue weighted by Crippen LogP contribution is 2.16. The molecule has 0 saturated heterocycles. The van der Waals surface area contributed by atoms with Crippen LogP contribution in [0.5, 0.6) is 0 Å². The standard InChI is InChI=1S/C33H66O/c1-2-3-4-5-6-7-8-9-10-11-12-13-14-15-16-17-18-19-20-21-22-23-24-25-26-27-28-29-30-31-32-33-34/h33H,2-32H2,1H3. The molecule has 1 nitrogen and oxygen atoms in total. The molecular formula is C33H66O. The van der Waals surface area contributed by atoms with Crippen LogP contribution in [0, 0.1) is 0 Å². The summed E-state index contributed by atoms with van der Waals surface area (Å²) in [5.41, 5.74) is 0. The van der Waals surface area contributed by atoms with Crippen molar-refractivity contribution in [2.75, 3.05) is 0 Å². The van der Waals surface area contributed by atoms with Gasteiger partial charge in [-0.3, -0.25) is 0 Å². The Morgan fingerprint density at radius 3 is 0.647 bits per heavy atom. The van der Waals surface area contributed by atoms with E-state index in [1.165, 1.54) is 186 Å². The van der Waals surface area contributed by atoms with E-state index in [2.05, 4.69) is 6.92 Å². The average molecular weight is 479 g/mol. The lowest BCUT2D eigenvalue weighted by Gasteiger charge is -2.04. The first-order valence-corrected chi connectivity index (χ1v) is 16.4. The molecule has 1 heteroatoms. The molecule has 0 spiro atoms. The van der Waals surface area contributed by atoms with Crippen molar-refractivity contribution in [3.05, 3.63) is 0 Å². The van der Waals surface area contributed by atoms with Crippen molar-refractivity contribution in [1.82, 2.24) is 0 Å². The first-order valence-electron chi connectivity index (χ1n) is 16.4. The van der Waals surface area contributed by atoms with Gasteiger partial charge in [-0.1, -0.05) is 193 Å². The highest BCUT2D eigenvalue weighted by Gasteiger charge is 1.97. The molecule has 0 bridgehead atoms. The molecule has 0 amide bonds. The Bertz CT molecular complexity index is 350. The number of unbranched alkanes of at least 4 members (excludes halogenated alkanes) is 30. The third-order valence-electron chi connectivity index (χ3n) is 7.68. The van der Waals surface area contributed by atoms with Gasteiger partial charge in [-0.25, -0.2) is 0 Å². The molecule has 0 unspecified atom stereocenters. The molecule has 0 aromatic heterocycles. The Labute approximate surface area is 217 Å². The van der Waals surface area contributed by atoms with Gasteiger partial charge in [-0.2, -0.15) is 0 Å². The minimum Gasteiger partial charge on any atom is -0.303 e. The molecule has 0 aromatic rings. The van der Waals surface area contributed by atoms with Gasteiger partial charge in [0.1, 0.15) is 6.29 Å². The van der Waals surface area contributed by atoms with E-state index in [4.69, 9.17) is 0 Å². The van der Waals surface area contributed by atoms with Gasteiger partial charge in [-0.05, 0) is 6.42 Å². The molecule has 0 saturated carbocycles. The summed E-state index contributed by atoms with van der Waals surface area (Å²) in [5, 5.41) is 0. The molecule has 0 N–H and O–H groups in total. The lowest BCUT2D eigenvalue weighted by molar-refractivity contribution is -0.107. The Morgan fingerprint density at radius 2 is 0.471 bits per heavy atom. The summed E-state index contributed by atoms with van der Waals surface area (Å²) in [6, 6.07) is 0. The molecule has 0 aliphatic carbocycles. The SMILES string of the molecule is CCCCCCCCCCCCCCCCCCCCCCCCCCCCCCCCC=O. The summed E-state index contributed by atoms with van der Waals surface area (Å²) < 4.78 is 0. The fraction of sp³-hybridized carbons (Fsp3) is 0.970. The lowest BCUT2D eigenvalue weighted by Crippen LogP contribution is -1.85. The van der Waals surface area contributed by atoms with Crippen LogP contribution in [-0.4, -0.2) is 6.29 Å². The minimum atomic E-state index is 0.763. The highest BCUT2D eigenvalue weighted by molar-refractivity contribution is 5.48. The molecule has 0 aromatic carbocycles. The Kier molecular flexibility index (Phi) is 32.4. The van der Waals surface area contributed by atoms with Crippen LogP contribution in [0.15, 0.2) is 0 Å². The largest absolute Gasteiger partial charge is 0.303 e. The van der Waals surface area contributed by atoms with Crippen molar-refractivity contribution in [2.24, 2.45) is 0 Å². The van der Waals surface area contributed by atoms with Gasteiger partial charge in [-0.15, -0.1) is 0 Å². The number of rotatable bonds is 31. The molecule has 0 atom stereocenters. The second kappa shape index (κ2) is 32.7. The van der Waals surface area contributed by atoms with Gasteiger partial charge in [0, 0.05) is 6.42 Å². The number of hydrogen-bond acceptors (Lipinski definition) is 1. The Hall–Kier alpha value is -0.330. The first kappa shape index (κ1) is 33.7. The van der Waals surface area contributed by atoms with Crippen LogP contribution in [-0.2, 0) is 4.79 Å². The van der Waals surface area contributed by atoms with E-state index in [9.17, 15) is 4.79 Å². The van der Waals surface area contributed by atoms with Gasteiger partial charge in [0.05, 0.1) is 0 Å². The van der Waals surface area contributed by atoms with E-state index in [1.54, 1.807) is 0 Å². The monoisotopic (exact) mass is 479 g/mol. The molecule has 0 rings (SSSR count). The zero-order valence-electron chi connectivity index (χ0n) is 23.9. The second-order valence-electron chi connectivity index (χ2n) is 11.2. The van der Waals surface area contributed by atoms with Crippen LogP contribution >= 0.6 is 0 Å². The quantitative estimate of drug-likeness (QED) is 0.0715. The van der Waals surface area contributed by atoms with E-state index in [1.807, 2.05) is 0 Å². The van der Waals surface area contributed by atoms with Crippen LogP contribution in [0.25, 0.3) is 0 Å². The van der Waals surface area contributed by atoms with E-state index in [0.717, 1.165) is 19.1 Å². The van der Waals surface area contributed by atoms with Gasteiger partial charge >= 0.3 is 0 Å². The third kappa shape index (κ3) is 31.7. The van der Waals surface area contributed by atoms with Gasteiger partial charge in [0.25, 0.3) is 0 Å². The lowest BCUT2D eigenvalue weighted by atomic mass is 10.0. The fourth-order valence-corrected chi connectivity index (χ4v) is 5.25. The van der Waals surface area contributed by atoms with Crippen molar-refractivity contribution in [1.29, 1.82) is 0 Å². The van der Waals surface area contributed by atoms with Gasteiger partial charge < -0.3 is 4.79 Å². The van der Waals surface area contributed by atoms with Crippen molar-refractivity contribution in [2.45, 2.75) is 206 Å². The van der Waals surface area contributed by atoms with E-state index < -0.39 is 0 Å². The molecule has 0 aliphatic rings. The highest BCUT2D eigenvalue weighted by atomic mass is 16.1. The molecular weight excluding hydrogens is 412 g/mol. The number of aldehydes is 1. The summed E-state index contributed by atoms with van der Waals surface area (Å²) in [5.74, 6) is 0. The number of carbonyl (C=O) groups is 1. The van der Waals surface area contributed by atoms with E-state index in [-0.39, 0.29) is 0 Å². The molecule has 0 aliphatic heterocycles. The fourth-order valence-electron chi connectivity index (χ4n) is 5.25. The minimum absolute atomic E-state index is 0.763. The summed E-state index contributed by atoms with van der Waals surface area (Å²) in [6.07, 6.45) is 44.9.